The second kappa shape index (κ2) is 7.12. The van der Waals surface area contributed by atoms with E-state index in [1.54, 1.807) is 7.11 Å². The fraction of sp³-hybridized carbons (Fsp3) is 0.222. The maximum Gasteiger partial charge on any atom is 0.290 e. The quantitative estimate of drug-likeness (QED) is 0.532. The van der Waals surface area contributed by atoms with Crippen LogP contribution < -0.4 is 5.73 Å². The van der Waals surface area contributed by atoms with Crippen LogP contribution in [-0.4, -0.2) is 18.7 Å². The fourth-order valence-electron chi connectivity index (χ4n) is 0.781. The summed E-state index contributed by atoms with van der Waals surface area (Å²) in [6.07, 6.45) is 0. The van der Waals surface area contributed by atoms with Gasteiger partial charge < -0.3 is 15.6 Å². The first-order valence-corrected chi connectivity index (χ1v) is 3.65. The molecular weight excluding hydrogens is 170 g/mol. The van der Waals surface area contributed by atoms with Crippen LogP contribution in [0.2, 0.25) is 0 Å². The van der Waals surface area contributed by atoms with E-state index in [1.165, 1.54) is 0 Å². The molecule has 0 saturated heterocycles. The maximum absolute atomic E-state index is 8.36. The molecule has 0 atom stereocenters. The third kappa shape index (κ3) is 5.69. The number of methoxy groups -OCH3 is 1. The number of benzene rings is 1. The number of anilines is 1. The third-order valence-electron chi connectivity index (χ3n) is 1.29. The van der Waals surface area contributed by atoms with Crippen LogP contribution in [0.3, 0.4) is 0 Å². The highest BCUT2D eigenvalue weighted by Gasteiger charge is 1.88. The monoisotopic (exact) mass is 183 g/mol. The Hall–Kier alpha value is -1.55. The van der Waals surface area contributed by atoms with Crippen LogP contribution in [0.25, 0.3) is 0 Å². The van der Waals surface area contributed by atoms with Gasteiger partial charge in [0.25, 0.3) is 6.47 Å². The summed E-state index contributed by atoms with van der Waals surface area (Å²) in [5.41, 5.74) is 7.42. The summed E-state index contributed by atoms with van der Waals surface area (Å²) >= 11 is 0. The summed E-state index contributed by atoms with van der Waals surface area (Å²) in [5, 5.41) is 6.89. The van der Waals surface area contributed by atoms with Crippen LogP contribution in [0.4, 0.5) is 5.69 Å². The van der Waals surface area contributed by atoms with Gasteiger partial charge in [0, 0.05) is 12.8 Å². The highest BCUT2D eigenvalue weighted by molar-refractivity contribution is 5.39. The second-order valence-electron chi connectivity index (χ2n) is 2.28. The van der Waals surface area contributed by atoms with Crippen LogP contribution in [0.1, 0.15) is 5.56 Å². The summed E-state index contributed by atoms with van der Waals surface area (Å²) in [5.74, 6) is 0. The zero-order valence-corrected chi connectivity index (χ0v) is 7.43. The normalized spacial score (nSPS) is 8.38. The summed E-state index contributed by atoms with van der Waals surface area (Å²) < 4.78 is 4.93. The van der Waals surface area contributed by atoms with Crippen molar-refractivity contribution in [3.63, 3.8) is 0 Å². The Balaban J connectivity index is 0.000000424. The number of ether oxygens (including phenoxy) is 1. The van der Waals surface area contributed by atoms with Crippen LogP contribution in [-0.2, 0) is 16.1 Å². The molecule has 0 aliphatic carbocycles. The first-order valence-electron chi connectivity index (χ1n) is 3.65. The van der Waals surface area contributed by atoms with Gasteiger partial charge in [0.05, 0.1) is 6.61 Å². The summed E-state index contributed by atoms with van der Waals surface area (Å²) in [4.78, 5) is 8.36. The Morgan fingerprint density at radius 1 is 1.46 bits per heavy atom. The molecule has 0 saturated carbocycles. The van der Waals surface area contributed by atoms with Gasteiger partial charge in [0.2, 0.25) is 0 Å². The van der Waals surface area contributed by atoms with Crippen LogP contribution in [0.15, 0.2) is 24.3 Å². The van der Waals surface area contributed by atoms with Gasteiger partial charge in [-0.3, -0.25) is 4.79 Å². The van der Waals surface area contributed by atoms with Crippen molar-refractivity contribution in [3.8, 4) is 0 Å². The predicted molar refractivity (Wildman–Crippen MR) is 50.3 cm³/mol. The van der Waals surface area contributed by atoms with E-state index in [0.717, 1.165) is 11.3 Å². The summed E-state index contributed by atoms with van der Waals surface area (Å²) in [7, 11) is 1.68. The Morgan fingerprint density at radius 3 is 2.31 bits per heavy atom. The first kappa shape index (κ1) is 11.4. The highest BCUT2D eigenvalue weighted by Crippen LogP contribution is 2.05. The summed E-state index contributed by atoms with van der Waals surface area (Å²) in [6.45, 7) is 0.403. The van der Waals surface area contributed by atoms with Gasteiger partial charge in [-0.2, -0.15) is 0 Å². The zero-order chi connectivity index (χ0) is 10.1. The Bertz CT molecular complexity index is 233. The fourth-order valence-corrected chi connectivity index (χ4v) is 0.781. The minimum atomic E-state index is -0.250. The second-order valence-corrected chi connectivity index (χ2v) is 2.28. The molecule has 3 N–H and O–H groups in total. The van der Waals surface area contributed by atoms with E-state index in [9.17, 15) is 0 Å². The number of hydrogen-bond acceptors (Lipinski definition) is 3. The standard InChI is InChI=1S/C8H11NO.CH2O2/c1-10-6-7-2-4-8(9)5-3-7;2-1-3/h2-5H,6,9H2,1H3;1H,(H,2,3). The minimum Gasteiger partial charge on any atom is -0.483 e. The molecule has 1 aromatic carbocycles. The molecule has 0 aliphatic heterocycles. The first-order chi connectivity index (χ1) is 6.24. The molecular formula is C9H13NO3. The van der Waals surface area contributed by atoms with Gasteiger partial charge in [0.15, 0.2) is 0 Å². The van der Waals surface area contributed by atoms with E-state index in [-0.39, 0.29) is 6.47 Å². The number of carbonyl (C=O) groups is 1. The highest BCUT2D eigenvalue weighted by atomic mass is 16.5. The van der Waals surface area contributed by atoms with Gasteiger partial charge in [0.1, 0.15) is 0 Å². The van der Waals surface area contributed by atoms with Gasteiger partial charge >= 0.3 is 0 Å². The van der Waals surface area contributed by atoms with Gasteiger partial charge in [-0.1, -0.05) is 12.1 Å². The van der Waals surface area contributed by atoms with Crippen molar-refractivity contribution in [1.82, 2.24) is 0 Å². The lowest BCUT2D eigenvalue weighted by Gasteiger charge is -1.98. The molecule has 1 aromatic rings. The van der Waals surface area contributed by atoms with Crippen molar-refractivity contribution >= 4 is 12.2 Å². The Labute approximate surface area is 76.9 Å². The molecule has 72 valence electrons. The molecule has 0 amide bonds. The van der Waals surface area contributed by atoms with Crippen molar-refractivity contribution in [2.24, 2.45) is 0 Å². The van der Waals surface area contributed by atoms with Crippen molar-refractivity contribution in [1.29, 1.82) is 0 Å². The number of hydrogen-bond donors (Lipinski definition) is 2. The zero-order valence-electron chi connectivity index (χ0n) is 7.43. The molecule has 13 heavy (non-hydrogen) atoms. The smallest absolute Gasteiger partial charge is 0.290 e. The van der Waals surface area contributed by atoms with E-state index in [4.69, 9.17) is 20.4 Å². The number of rotatable bonds is 2. The minimum absolute atomic E-state index is 0.250. The molecule has 4 heteroatoms. The van der Waals surface area contributed by atoms with Gasteiger partial charge in [-0.05, 0) is 17.7 Å². The SMILES string of the molecule is COCc1ccc(N)cc1.O=CO. The van der Waals surface area contributed by atoms with Crippen molar-refractivity contribution in [2.75, 3.05) is 12.8 Å². The van der Waals surface area contributed by atoms with Crippen LogP contribution in [0, 0.1) is 0 Å². The molecule has 1 rings (SSSR count). The number of carboxylic acid groups (broad SMARTS) is 1. The van der Waals surface area contributed by atoms with E-state index in [0.29, 0.717) is 6.61 Å². The third-order valence-corrected chi connectivity index (χ3v) is 1.29. The molecule has 0 aliphatic rings. The van der Waals surface area contributed by atoms with Gasteiger partial charge in [-0.25, -0.2) is 0 Å². The van der Waals surface area contributed by atoms with E-state index >= 15 is 0 Å². The average Bonchev–Trinajstić information content (AvgIpc) is 2.11. The van der Waals surface area contributed by atoms with Crippen LogP contribution >= 0.6 is 0 Å². The van der Waals surface area contributed by atoms with E-state index in [1.807, 2.05) is 24.3 Å². The molecule has 4 nitrogen and oxygen atoms in total. The molecule has 0 heterocycles. The lowest BCUT2D eigenvalue weighted by Crippen LogP contribution is -1.88. The largest absolute Gasteiger partial charge is 0.483 e. The molecule has 0 unspecified atom stereocenters. The molecule has 0 radical (unpaired) electrons. The topological polar surface area (TPSA) is 72.5 Å². The molecule has 0 spiro atoms. The lowest BCUT2D eigenvalue weighted by molar-refractivity contribution is -0.122. The molecule has 0 bridgehead atoms. The lowest BCUT2D eigenvalue weighted by atomic mass is 10.2. The number of nitrogens with two attached hydrogens (primary N) is 1. The Kier molecular flexibility index (Phi) is 6.27. The number of nitrogen functional groups attached to an aromatic ring is 1. The summed E-state index contributed by atoms with van der Waals surface area (Å²) in [6, 6.07) is 7.65. The van der Waals surface area contributed by atoms with Crippen molar-refractivity contribution in [3.05, 3.63) is 29.8 Å². The van der Waals surface area contributed by atoms with E-state index < -0.39 is 0 Å². The Morgan fingerprint density at radius 2 is 1.92 bits per heavy atom. The van der Waals surface area contributed by atoms with E-state index in [2.05, 4.69) is 0 Å². The van der Waals surface area contributed by atoms with Gasteiger partial charge in [-0.15, -0.1) is 0 Å². The average molecular weight is 183 g/mol. The van der Waals surface area contributed by atoms with Crippen molar-refractivity contribution < 1.29 is 14.6 Å². The predicted octanol–water partition coefficient (Wildman–Crippen LogP) is 1.12. The van der Waals surface area contributed by atoms with Crippen LogP contribution in [0.5, 0.6) is 0 Å². The maximum atomic E-state index is 8.36. The molecule has 0 fully saturated rings. The molecule has 0 aromatic heterocycles. The van der Waals surface area contributed by atoms with Crippen molar-refractivity contribution in [2.45, 2.75) is 6.61 Å².